The Bertz CT molecular complexity index is 1230. The summed E-state index contributed by atoms with van der Waals surface area (Å²) in [5, 5.41) is 4.64. The minimum atomic E-state index is -0.112. The summed E-state index contributed by atoms with van der Waals surface area (Å²) in [7, 11) is 0. The average molecular weight is 415 g/mol. The van der Waals surface area contributed by atoms with Crippen LogP contribution in [0.2, 0.25) is 5.02 Å². The van der Waals surface area contributed by atoms with E-state index in [4.69, 9.17) is 16.6 Å². The molecule has 0 aliphatic heterocycles. The molecule has 1 aromatic heterocycles. The molecule has 1 N–H and O–H groups in total. The number of hydrogen-bond donors (Lipinski definition) is 1. The highest BCUT2D eigenvalue weighted by Crippen LogP contribution is 2.31. The second-order valence-electron chi connectivity index (χ2n) is 7.59. The second-order valence-corrected chi connectivity index (χ2v) is 8.03. The van der Waals surface area contributed by atoms with Gasteiger partial charge in [-0.15, -0.1) is 0 Å². The van der Waals surface area contributed by atoms with Crippen LogP contribution < -0.4 is 5.32 Å². The van der Waals surface area contributed by atoms with E-state index in [-0.39, 0.29) is 11.9 Å². The molecule has 4 aromatic rings. The molecule has 1 heterocycles. The lowest BCUT2D eigenvalue weighted by atomic mass is 9.96. The first-order valence-electron chi connectivity index (χ1n) is 9.97. The Morgan fingerprint density at radius 2 is 1.70 bits per heavy atom. The third-order valence-corrected chi connectivity index (χ3v) is 5.62. The summed E-state index contributed by atoms with van der Waals surface area (Å²) in [6, 6.07) is 23.4. The van der Waals surface area contributed by atoms with Gasteiger partial charge in [0.25, 0.3) is 5.91 Å². The van der Waals surface area contributed by atoms with Gasteiger partial charge < -0.3 is 5.32 Å². The number of nitrogens with one attached hydrogen (secondary N) is 1. The SMILES string of the molecule is Cc1ccc([C@H](C)NC(=O)c2c(C)c(-c3cccc(Cl)c3)nc3ccccc23)cc1. The quantitative estimate of drug-likeness (QED) is 0.405. The largest absolute Gasteiger partial charge is 0.345 e. The molecular formula is C26H23ClN2O. The molecule has 0 aliphatic rings. The van der Waals surface area contributed by atoms with E-state index >= 15 is 0 Å². The van der Waals surface area contributed by atoms with Gasteiger partial charge in [0.15, 0.2) is 0 Å². The number of rotatable bonds is 4. The summed E-state index contributed by atoms with van der Waals surface area (Å²) >= 11 is 6.21. The van der Waals surface area contributed by atoms with Crippen molar-refractivity contribution in [1.29, 1.82) is 0 Å². The Balaban J connectivity index is 1.79. The Labute approximate surface area is 181 Å². The van der Waals surface area contributed by atoms with Gasteiger partial charge in [-0.05, 0) is 50.1 Å². The van der Waals surface area contributed by atoms with Gasteiger partial charge in [-0.2, -0.15) is 0 Å². The highest BCUT2D eigenvalue weighted by Gasteiger charge is 2.20. The molecule has 3 aromatic carbocycles. The van der Waals surface area contributed by atoms with Crippen molar-refractivity contribution in [1.82, 2.24) is 10.3 Å². The lowest BCUT2D eigenvalue weighted by molar-refractivity contribution is 0.0941. The van der Waals surface area contributed by atoms with Gasteiger partial charge in [0.2, 0.25) is 0 Å². The zero-order valence-corrected chi connectivity index (χ0v) is 18.0. The van der Waals surface area contributed by atoms with E-state index in [1.54, 1.807) is 0 Å². The third kappa shape index (κ3) is 3.94. The lowest BCUT2D eigenvalue weighted by Gasteiger charge is -2.18. The number of nitrogens with zero attached hydrogens (tertiary/aromatic N) is 1. The molecule has 30 heavy (non-hydrogen) atoms. The van der Waals surface area contributed by atoms with Crippen molar-refractivity contribution in [3.05, 3.63) is 100 Å². The third-order valence-electron chi connectivity index (χ3n) is 5.39. The molecular weight excluding hydrogens is 392 g/mol. The number of amides is 1. The van der Waals surface area contributed by atoms with Crippen molar-refractivity contribution in [2.75, 3.05) is 0 Å². The Morgan fingerprint density at radius 3 is 2.43 bits per heavy atom. The molecule has 0 unspecified atom stereocenters. The number of aromatic nitrogens is 1. The van der Waals surface area contributed by atoms with Gasteiger partial charge in [-0.3, -0.25) is 4.79 Å². The first-order chi connectivity index (χ1) is 14.4. The van der Waals surface area contributed by atoms with Gasteiger partial charge in [0.05, 0.1) is 22.8 Å². The number of halogens is 1. The predicted octanol–water partition coefficient (Wildman–Crippen LogP) is 6.66. The van der Waals surface area contributed by atoms with Crippen molar-refractivity contribution in [2.45, 2.75) is 26.8 Å². The van der Waals surface area contributed by atoms with E-state index in [9.17, 15) is 4.79 Å². The van der Waals surface area contributed by atoms with Gasteiger partial charge in [0.1, 0.15) is 0 Å². The van der Waals surface area contributed by atoms with E-state index in [0.717, 1.165) is 33.3 Å². The predicted molar refractivity (Wildman–Crippen MR) is 124 cm³/mol. The molecule has 4 rings (SSSR count). The molecule has 0 saturated heterocycles. The first-order valence-corrected chi connectivity index (χ1v) is 10.3. The fraction of sp³-hybridized carbons (Fsp3) is 0.154. The summed E-state index contributed by atoms with van der Waals surface area (Å²) < 4.78 is 0. The standard InChI is InChI=1S/C26H23ClN2O/c1-16-11-13-19(14-12-16)18(3)28-26(30)24-17(2)25(20-7-6-8-21(27)15-20)29-23-10-5-4-9-22(23)24/h4-15,18H,1-3H3,(H,28,30)/t18-/m0/s1. The van der Waals surface area contributed by atoms with Crippen molar-refractivity contribution in [3.8, 4) is 11.3 Å². The van der Waals surface area contributed by atoms with Gasteiger partial charge in [-0.1, -0.05) is 71.8 Å². The highest BCUT2D eigenvalue weighted by atomic mass is 35.5. The van der Waals surface area contributed by atoms with Crippen LogP contribution in [0.5, 0.6) is 0 Å². The van der Waals surface area contributed by atoms with Crippen LogP contribution >= 0.6 is 11.6 Å². The summed E-state index contributed by atoms with van der Waals surface area (Å²) in [6.45, 7) is 6.00. The topological polar surface area (TPSA) is 42.0 Å². The fourth-order valence-electron chi connectivity index (χ4n) is 3.72. The molecule has 0 radical (unpaired) electrons. The molecule has 0 aliphatic carbocycles. The van der Waals surface area contributed by atoms with Crippen LogP contribution in [0.1, 0.15) is 40.0 Å². The Kier molecular flexibility index (Phi) is 5.56. The van der Waals surface area contributed by atoms with Crippen molar-refractivity contribution in [2.24, 2.45) is 0 Å². The summed E-state index contributed by atoms with van der Waals surface area (Å²) in [4.78, 5) is 18.3. The number of benzene rings is 3. The lowest BCUT2D eigenvalue weighted by Crippen LogP contribution is -2.27. The maximum atomic E-state index is 13.4. The van der Waals surface area contributed by atoms with Crippen LogP contribution in [-0.2, 0) is 0 Å². The smallest absolute Gasteiger partial charge is 0.252 e. The van der Waals surface area contributed by atoms with Gasteiger partial charge >= 0.3 is 0 Å². The maximum absolute atomic E-state index is 13.4. The number of fused-ring (bicyclic) bond motifs is 1. The van der Waals surface area contributed by atoms with Crippen LogP contribution in [-0.4, -0.2) is 10.9 Å². The van der Waals surface area contributed by atoms with Gasteiger partial charge in [-0.25, -0.2) is 4.98 Å². The monoisotopic (exact) mass is 414 g/mol. The summed E-state index contributed by atoms with van der Waals surface area (Å²) in [6.07, 6.45) is 0. The molecule has 1 atom stereocenters. The Morgan fingerprint density at radius 1 is 0.967 bits per heavy atom. The Hall–Kier alpha value is -3.17. The van der Waals surface area contributed by atoms with E-state index in [0.29, 0.717) is 10.6 Å². The number of para-hydroxylation sites is 1. The molecule has 3 nitrogen and oxygen atoms in total. The van der Waals surface area contributed by atoms with E-state index < -0.39 is 0 Å². The van der Waals surface area contributed by atoms with Crippen molar-refractivity contribution < 1.29 is 4.79 Å². The first kappa shape index (κ1) is 20.1. The van der Waals surface area contributed by atoms with Crippen LogP contribution in [0.4, 0.5) is 0 Å². The van der Waals surface area contributed by atoms with E-state index in [2.05, 4.69) is 36.5 Å². The van der Waals surface area contributed by atoms with Crippen LogP contribution in [0.15, 0.2) is 72.8 Å². The number of hydrogen-bond acceptors (Lipinski definition) is 2. The number of carbonyl (C=O) groups excluding carboxylic acids is 1. The van der Waals surface area contributed by atoms with Crippen molar-refractivity contribution in [3.63, 3.8) is 0 Å². The second kappa shape index (κ2) is 8.29. The molecule has 150 valence electrons. The normalized spacial score (nSPS) is 12.0. The summed E-state index contributed by atoms with van der Waals surface area (Å²) in [5.74, 6) is -0.109. The molecule has 4 heteroatoms. The molecule has 0 spiro atoms. The number of carbonyl (C=O) groups is 1. The molecule has 0 saturated carbocycles. The number of pyridine rings is 1. The van der Waals surface area contributed by atoms with Crippen molar-refractivity contribution >= 4 is 28.4 Å². The van der Waals surface area contributed by atoms with Crippen LogP contribution in [0.25, 0.3) is 22.2 Å². The van der Waals surface area contributed by atoms with Crippen LogP contribution in [0, 0.1) is 13.8 Å². The molecule has 0 bridgehead atoms. The summed E-state index contributed by atoms with van der Waals surface area (Å²) in [5.41, 5.74) is 6.19. The molecule has 0 fully saturated rings. The fourth-order valence-corrected chi connectivity index (χ4v) is 3.91. The maximum Gasteiger partial charge on any atom is 0.252 e. The highest BCUT2D eigenvalue weighted by molar-refractivity contribution is 6.30. The van der Waals surface area contributed by atoms with E-state index in [1.807, 2.05) is 62.4 Å². The minimum absolute atomic E-state index is 0.109. The molecule has 1 amide bonds. The van der Waals surface area contributed by atoms with Gasteiger partial charge in [0, 0.05) is 16.0 Å². The van der Waals surface area contributed by atoms with E-state index in [1.165, 1.54) is 5.56 Å². The minimum Gasteiger partial charge on any atom is -0.345 e. The zero-order valence-electron chi connectivity index (χ0n) is 17.2. The van der Waals surface area contributed by atoms with Crippen LogP contribution in [0.3, 0.4) is 0 Å². The average Bonchev–Trinajstić information content (AvgIpc) is 2.73. The zero-order chi connectivity index (χ0) is 21.3. The number of aryl methyl sites for hydroxylation is 1.